The highest BCUT2D eigenvalue weighted by Gasteiger charge is 2.21. The number of halogens is 2. The molecule has 0 aliphatic rings. The number of aromatic nitrogens is 2. The predicted molar refractivity (Wildman–Crippen MR) is 128 cm³/mol. The Morgan fingerprint density at radius 1 is 1.12 bits per heavy atom. The molecule has 9 nitrogen and oxygen atoms in total. The van der Waals surface area contributed by atoms with E-state index in [0.717, 1.165) is 11.6 Å². The van der Waals surface area contributed by atoms with Crippen molar-refractivity contribution in [3.05, 3.63) is 68.2 Å². The van der Waals surface area contributed by atoms with E-state index in [9.17, 15) is 19.7 Å². The lowest BCUT2D eigenvalue weighted by molar-refractivity contribution is -0.384. The molecule has 0 saturated carbocycles. The lowest BCUT2D eigenvalue weighted by atomic mass is 10.1. The number of nitrogens with one attached hydrogen (secondary N) is 1. The molecule has 2 amide bonds. The van der Waals surface area contributed by atoms with E-state index in [1.807, 2.05) is 19.1 Å². The van der Waals surface area contributed by atoms with Crippen LogP contribution in [0.3, 0.4) is 0 Å². The number of nitrogens with zero attached hydrogens (tertiary/aromatic N) is 4. The van der Waals surface area contributed by atoms with Crippen molar-refractivity contribution in [2.45, 2.75) is 19.8 Å². The molecule has 0 spiro atoms. The number of rotatable bonds is 9. The number of nitro groups is 1. The molecule has 3 aromatic rings. The predicted octanol–water partition coefficient (Wildman–Crippen LogP) is 5.30. The number of amides is 2. The number of benzene rings is 2. The zero-order valence-electron chi connectivity index (χ0n) is 17.5. The third kappa shape index (κ3) is 6.47. The maximum absolute atomic E-state index is 12.9. The van der Waals surface area contributed by atoms with Crippen LogP contribution in [-0.2, 0) is 4.79 Å². The summed E-state index contributed by atoms with van der Waals surface area (Å²) in [6.45, 7) is 2.42. The number of anilines is 1. The largest absolute Gasteiger partial charge is 0.338 e. The minimum Gasteiger partial charge on any atom is -0.338 e. The molecule has 1 N–H and O–H groups in total. The van der Waals surface area contributed by atoms with Gasteiger partial charge in [-0.1, -0.05) is 53.6 Å². The van der Waals surface area contributed by atoms with Crippen molar-refractivity contribution in [3.8, 4) is 10.6 Å². The van der Waals surface area contributed by atoms with E-state index in [2.05, 4.69) is 15.5 Å². The van der Waals surface area contributed by atoms with Crippen LogP contribution in [0.15, 0.2) is 42.5 Å². The summed E-state index contributed by atoms with van der Waals surface area (Å²) in [5.41, 5.74) is 0.621. The van der Waals surface area contributed by atoms with Gasteiger partial charge in [-0.25, -0.2) is 0 Å². The standard InChI is InChI=1S/C21H19Cl2N5O4S/c1-2-10-27(20(30)14-5-8-16(23)17(12-14)28(31)32)11-9-18(29)24-21-26-25-19(33-21)13-3-6-15(22)7-4-13/h3-8,12H,2,9-11H2,1H3,(H,24,26,29). The van der Waals surface area contributed by atoms with Gasteiger partial charge in [-0.05, 0) is 30.7 Å². The average Bonchev–Trinajstić information content (AvgIpc) is 3.25. The normalized spacial score (nSPS) is 10.6. The number of hydrogen-bond acceptors (Lipinski definition) is 7. The number of carbonyl (C=O) groups is 2. The molecular weight excluding hydrogens is 489 g/mol. The van der Waals surface area contributed by atoms with E-state index in [1.54, 1.807) is 12.1 Å². The van der Waals surface area contributed by atoms with E-state index in [1.165, 1.54) is 28.4 Å². The smallest absolute Gasteiger partial charge is 0.288 e. The first-order chi connectivity index (χ1) is 15.8. The second-order valence-corrected chi connectivity index (χ2v) is 8.75. The third-order valence-corrected chi connectivity index (χ3v) is 6.00. The molecule has 1 heterocycles. The van der Waals surface area contributed by atoms with Gasteiger partial charge in [0, 0.05) is 41.7 Å². The fraction of sp³-hybridized carbons (Fsp3) is 0.238. The molecule has 0 atom stereocenters. The Bertz CT molecular complexity index is 1170. The molecule has 2 aromatic carbocycles. The fourth-order valence-electron chi connectivity index (χ4n) is 2.95. The summed E-state index contributed by atoms with van der Waals surface area (Å²) in [5.74, 6) is -0.741. The van der Waals surface area contributed by atoms with Crippen molar-refractivity contribution in [3.63, 3.8) is 0 Å². The summed E-state index contributed by atoms with van der Waals surface area (Å²) < 4.78 is 0. The van der Waals surface area contributed by atoms with E-state index in [-0.39, 0.29) is 35.1 Å². The minimum absolute atomic E-state index is 0.0251. The molecule has 0 unspecified atom stereocenters. The highest BCUT2D eigenvalue weighted by molar-refractivity contribution is 7.18. The highest BCUT2D eigenvalue weighted by atomic mass is 35.5. The van der Waals surface area contributed by atoms with Gasteiger partial charge in [-0.3, -0.25) is 19.7 Å². The van der Waals surface area contributed by atoms with Crippen molar-refractivity contribution >= 4 is 57.2 Å². The lowest BCUT2D eigenvalue weighted by Gasteiger charge is -2.22. The van der Waals surface area contributed by atoms with Crippen molar-refractivity contribution in [2.24, 2.45) is 0 Å². The molecule has 12 heteroatoms. The fourth-order valence-corrected chi connectivity index (χ4v) is 4.03. The highest BCUT2D eigenvalue weighted by Crippen LogP contribution is 2.28. The van der Waals surface area contributed by atoms with Crippen LogP contribution < -0.4 is 5.32 Å². The summed E-state index contributed by atoms with van der Waals surface area (Å²) in [4.78, 5) is 37.3. The Labute approximate surface area is 203 Å². The first-order valence-corrected chi connectivity index (χ1v) is 11.5. The van der Waals surface area contributed by atoms with Gasteiger partial charge in [0.05, 0.1) is 4.92 Å². The second kappa shape index (κ2) is 11.2. The Balaban J connectivity index is 1.62. The maximum Gasteiger partial charge on any atom is 0.288 e. The van der Waals surface area contributed by atoms with Crippen LogP contribution in [0.5, 0.6) is 0 Å². The number of carbonyl (C=O) groups excluding carboxylic acids is 2. The van der Waals surface area contributed by atoms with E-state index in [0.29, 0.717) is 28.1 Å². The quantitative estimate of drug-likeness (QED) is 0.310. The number of hydrogen-bond donors (Lipinski definition) is 1. The van der Waals surface area contributed by atoms with Crippen LogP contribution in [0, 0.1) is 10.1 Å². The summed E-state index contributed by atoms with van der Waals surface area (Å²) in [7, 11) is 0. The summed E-state index contributed by atoms with van der Waals surface area (Å²) >= 11 is 12.9. The molecule has 0 fully saturated rings. The van der Waals surface area contributed by atoms with Gasteiger partial charge < -0.3 is 10.2 Å². The molecule has 3 rings (SSSR count). The van der Waals surface area contributed by atoms with Crippen LogP contribution in [-0.4, -0.2) is 44.9 Å². The van der Waals surface area contributed by atoms with Gasteiger partial charge in [0.1, 0.15) is 10.0 Å². The molecule has 33 heavy (non-hydrogen) atoms. The first kappa shape index (κ1) is 24.6. The van der Waals surface area contributed by atoms with E-state index >= 15 is 0 Å². The van der Waals surface area contributed by atoms with Crippen molar-refractivity contribution in [1.29, 1.82) is 0 Å². The summed E-state index contributed by atoms with van der Waals surface area (Å²) in [6, 6.07) is 11.0. The Morgan fingerprint density at radius 3 is 2.52 bits per heavy atom. The van der Waals surface area contributed by atoms with Gasteiger partial charge in [0.25, 0.3) is 11.6 Å². The van der Waals surface area contributed by atoms with Crippen LogP contribution in [0.25, 0.3) is 10.6 Å². The Morgan fingerprint density at radius 2 is 1.85 bits per heavy atom. The zero-order valence-corrected chi connectivity index (χ0v) is 19.8. The molecule has 0 aliphatic carbocycles. The van der Waals surface area contributed by atoms with Gasteiger partial charge in [0.15, 0.2) is 0 Å². The van der Waals surface area contributed by atoms with Crippen LogP contribution >= 0.6 is 34.5 Å². The average molecular weight is 508 g/mol. The molecule has 1 aromatic heterocycles. The molecule has 0 saturated heterocycles. The molecule has 172 valence electrons. The Hall–Kier alpha value is -3.08. The third-order valence-electron chi connectivity index (χ3n) is 4.54. The summed E-state index contributed by atoms with van der Waals surface area (Å²) in [6.07, 6.45) is 0.682. The maximum atomic E-state index is 12.9. The van der Waals surface area contributed by atoms with Gasteiger partial charge in [-0.15, -0.1) is 10.2 Å². The molecule has 0 bridgehead atoms. The SMILES string of the molecule is CCCN(CCC(=O)Nc1nnc(-c2ccc(Cl)cc2)s1)C(=O)c1ccc(Cl)c([N+](=O)[O-])c1. The molecular formula is C21H19Cl2N5O4S. The molecule has 0 radical (unpaired) electrons. The van der Waals surface area contributed by atoms with Crippen molar-refractivity contribution in [2.75, 3.05) is 18.4 Å². The Kier molecular flexibility index (Phi) is 8.32. The van der Waals surface area contributed by atoms with Gasteiger partial charge in [0.2, 0.25) is 11.0 Å². The van der Waals surface area contributed by atoms with Gasteiger partial charge >= 0.3 is 0 Å². The van der Waals surface area contributed by atoms with E-state index < -0.39 is 10.8 Å². The zero-order chi connectivity index (χ0) is 24.0. The van der Waals surface area contributed by atoms with Crippen molar-refractivity contribution in [1.82, 2.24) is 15.1 Å². The number of nitro benzene ring substituents is 1. The molecule has 0 aliphatic heterocycles. The minimum atomic E-state index is -0.642. The van der Waals surface area contributed by atoms with Crippen LogP contribution in [0.4, 0.5) is 10.8 Å². The summed E-state index contributed by atoms with van der Waals surface area (Å²) in [5, 5.41) is 23.4. The van der Waals surface area contributed by atoms with E-state index in [4.69, 9.17) is 23.2 Å². The lowest BCUT2D eigenvalue weighted by Crippen LogP contribution is -2.34. The monoisotopic (exact) mass is 507 g/mol. The van der Waals surface area contributed by atoms with Crippen LogP contribution in [0.2, 0.25) is 10.0 Å². The first-order valence-electron chi connectivity index (χ1n) is 9.91. The van der Waals surface area contributed by atoms with Gasteiger partial charge in [-0.2, -0.15) is 0 Å². The van der Waals surface area contributed by atoms with Crippen LogP contribution in [0.1, 0.15) is 30.1 Å². The van der Waals surface area contributed by atoms with Crippen molar-refractivity contribution < 1.29 is 14.5 Å². The topological polar surface area (TPSA) is 118 Å². The second-order valence-electron chi connectivity index (χ2n) is 6.93.